The van der Waals surface area contributed by atoms with Gasteiger partial charge in [0.1, 0.15) is 5.56 Å². The number of hydrogen-bond donors (Lipinski definition) is 1. The summed E-state index contributed by atoms with van der Waals surface area (Å²) < 4.78 is 44.7. The Kier molecular flexibility index (Phi) is 5.99. The normalized spacial score (nSPS) is 11.2. The molecule has 1 heterocycles. The van der Waals surface area contributed by atoms with Crippen molar-refractivity contribution in [3.8, 4) is 5.88 Å². The van der Waals surface area contributed by atoms with E-state index in [0.717, 1.165) is 23.1 Å². The zero-order valence-electron chi connectivity index (χ0n) is 14.6. The SMILES string of the molecule is COc1nn(C)cc1C(=O)N(C)CC(=O)Nc1cc(C(F)(F)F)ccc1Cl. The molecule has 1 aromatic carbocycles. The molecule has 2 amide bonds. The Bertz CT molecular complexity index is 867. The molecular weight excluding hydrogens is 389 g/mol. The molecule has 1 aromatic heterocycles. The lowest BCUT2D eigenvalue weighted by Gasteiger charge is -2.17. The van der Waals surface area contributed by atoms with Gasteiger partial charge in [-0.25, -0.2) is 0 Å². The second kappa shape index (κ2) is 7.87. The molecule has 0 fully saturated rings. The number of aryl methyl sites for hydroxylation is 1. The van der Waals surface area contributed by atoms with Gasteiger partial charge < -0.3 is 15.0 Å². The summed E-state index contributed by atoms with van der Waals surface area (Å²) in [6.45, 7) is -0.413. The van der Waals surface area contributed by atoms with Gasteiger partial charge >= 0.3 is 6.18 Å². The van der Waals surface area contributed by atoms with Crippen molar-refractivity contribution in [1.29, 1.82) is 0 Å². The molecular formula is C16H16ClF3N4O3. The maximum atomic E-state index is 12.8. The first-order valence-electron chi connectivity index (χ1n) is 7.52. The molecule has 1 N–H and O–H groups in total. The number of aromatic nitrogens is 2. The van der Waals surface area contributed by atoms with Crippen molar-refractivity contribution in [2.45, 2.75) is 6.18 Å². The summed E-state index contributed by atoms with van der Waals surface area (Å²) in [6.07, 6.45) is -3.15. The Morgan fingerprint density at radius 1 is 1.37 bits per heavy atom. The highest BCUT2D eigenvalue weighted by Gasteiger charge is 2.31. The van der Waals surface area contributed by atoms with Gasteiger partial charge in [0.25, 0.3) is 5.91 Å². The van der Waals surface area contributed by atoms with Crippen LogP contribution >= 0.6 is 11.6 Å². The van der Waals surface area contributed by atoms with Gasteiger partial charge in [-0.15, -0.1) is 5.10 Å². The third kappa shape index (κ3) is 4.91. The van der Waals surface area contributed by atoms with Gasteiger partial charge in [-0.1, -0.05) is 11.6 Å². The zero-order chi connectivity index (χ0) is 20.4. The number of likely N-dealkylation sites (N-methyl/N-ethyl adjacent to an activating group) is 1. The van der Waals surface area contributed by atoms with E-state index in [1.54, 1.807) is 7.05 Å². The maximum absolute atomic E-state index is 12.8. The molecule has 2 rings (SSSR count). The van der Waals surface area contributed by atoms with Crippen molar-refractivity contribution in [2.24, 2.45) is 7.05 Å². The minimum atomic E-state index is -4.58. The zero-order valence-corrected chi connectivity index (χ0v) is 15.4. The summed E-state index contributed by atoms with van der Waals surface area (Å²) in [7, 11) is 4.31. The summed E-state index contributed by atoms with van der Waals surface area (Å²) >= 11 is 5.84. The lowest BCUT2D eigenvalue weighted by atomic mass is 10.2. The Morgan fingerprint density at radius 2 is 2.04 bits per heavy atom. The van der Waals surface area contributed by atoms with Crippen LogP contribution in [0.4, 0.5) is 18.9 Å². The molecule has 0 aliphatic rings. The third-order valence-electron chi connectivity index (χ3n) is 3.51. The average Bonchev–Trinajstić information content (AvgIpc) is 2.95. The fourth-order valence-electron chi connectivity index (χ4n) is 2.25. The van der Waals surface area contributed by atoms with E-state index < -0.39 is 30.1 Å². The molecule has 146 valence electrons. The quantitative estimate of drug-likeness (QED) is 0.831. The lowest BCUT2D eigenvalue weighted by Crippen LogP contribution is -2.35. The van der Waals surface area contributed by atoms with E-state index >= 15 is 0 Å². The summed E-state index contributed by atoms with van der Waals surface area (Å²) in [5.41, 5.74) is -1.00. The minimum Gasteiger partial charge on any atom is -0.479 e. The number of nitrogens with one attached hydrogen (secondary N) is 1. The van der Waals surface area contributed by atoms with E-state index in [0.29, 0.717) is 0 Å². The number of methoxy groups -OCH3 is 1. The van der Waals surface area contributed by atoms with Crippen LogP contribution in [-0.4, -0.2) is 47.2 Å². The van der Waals surface area contributed by atoms with E-state index in [1.807, 2.05) is 0 Å². The van der Waals surface area contributed by atoms with Gasteiger partial charge in [0.2, 0.25) is 11.8 Å². The topological polar surface area (TPSA) is 76.5 Å². The number of anilines is 1. The Balaban J connectivity index is 2.10. The van der Waals surface area contributed by atoms with Crippen LogP contribution in [-0.2, 0) is 18.0 Å². The van der Waals surface area contributed by atoms with Gasteiger partial charge in [-0.05, 0) is 18.2 Å². The smallest absolute Gasteiger partial charge is 0.416 e. The number of carbonyl (C=O) groups is 2. The monoisotopic (exact) mass is 404 g/mol. The van der Waals surface area contributed by atoms with E-state index in [1.165, 1.54) is 25.0 Å². The number of nitrogens with zero attached hydrogens (tertiary/aromatic N) is 3. The van der Waals surface area contributed by atoms with Crippen molar-refractivity contribution in [2.75, 3.05) is 26.0 Å². The van der Waals surface area contributed by atoms with Crippen molar-refractivity contribution in [3.63, 3.8) is 0 Å². The van der Waals surface area contributed by atoms with Crippen molar-refractivity contribution < 1.29 is 27.5 Å². The number of halogens is 4. The van der Waals surface area contributed by atoms with Crippen LogP contribution in [0, 0.1) is 0 Å². The first-order valence-corrected chi connectivity index (χ1v) is 7.90. The first kappa shape index (κ1) is 20.6. The third-order valence-corrected chi connectivity index (χ3v) is 3.84. The second-order valence-electron chi connectivity index (χ2n) is 5.63. The molecule has 11 heteroatoms. The number of ether oxygens (including phenoxy) is 1. The van der Waals surface area contributed by atoms with E-state index in [4.69, 9.17) is 16.3 Å². The fourth-order valence-corrected chi connectivity index (χ4v) is 2.41. The Labute approximate surface area is 157 Å². The van der Waals surface area contributed by atoms with Crippen molar-refractivity contribution in [1.82, 2.24) is 14.7 Å². The van der Waals surface area contributed by atoms with Gasteiger partial charge in [0.15, 0.2) is 0 Å². The highest BCUT2D eigenvalue weighted by atomic mass is 35.5. The highest BCUT2D eigenvalue weighted by Crippen LogP contribution is 2.33. The molecule has 27 heavy (non-hydrogen) atoms. The number of carbonyl (C=O) groups excluding carboxylic acids is 2. The molecule has 7 nitrogen and oxygen atoms in total. The Hall–Kier alpha value is -2.75. The molecule has 0 unspecified atom stereocenters. The van der Waals surface area contributed by atoms with Gasteiger partial charge in [0.05, 0.1) is 29.9 Å². The summed E-state index contributed by atoms with van der Waals surface area (Å²) in [5, 5.41) is 6.17. The summed E-state index contributed by atoms with van der Waals surface area (Å²) in [4.78, 5) is 25.6. The van der Waals surface area contributed by atoms with Gasteiger partial charge in [-0.2, -0.15) is 13.2 Å². The van der Waals surface area contributed by atoms with Crippen molar-refractivity contribution in [3.05, 3.63) is 40.5 Å². The highest BCUT2D eigenvalue weighted by molar-refractivity contribution is 6.33. The fraction of sp³-hybridized carbons (Fsp3) is 0.312. The predicted octanol–water partition coefficient (Wildman–Crippen LogP) is 2.81. The van der Waals surface area contributed by atoms with Crippen LogP contribution in [0.15, 0.2) is 24.4 Å². The van der Waals surface area contributed by atoms with Crippen LogP contribution in [0.1, 0.15) is 15.9 Å². The lowest BCUT2D eigenvalue weighted by molar-refractivity contribution is -0.137. The predicted molar refractivity (Wildman–Crippen MR) is 91.8 cm³/mol. The first-order chi connectivity index (χ1) is 12.5. The summed E-state index contributed by atoms with van der Waals surface area (Å²) in [6, 6.07) is 2.57. The minimum absolute atomic E-state index is 0.0562. The van der Waals surface area contributed by atoms with E-state index in [2.05, 4.69) is 10.4 Å². The molecule has 0 radical (unpaired) electrons. The number of hydrogen-bond acceptors (Lipinski definition) is 4. The molecule has 0 saturated heterocycles. The Morgan fingerprint density at radius 3 is 2.63 bits per heavy atom. The number of alkyl halides is 3. The van der Waals surface area contributed by atoms with Crippen LogP contribution in [0.25, 0.3) is 0 Å². The standard InChI is InChI=1S/C16H16ClF3N4O3/c1-23(15(26)10-7-24(2)22-14(10)27-3)8-13(25)21-12-6-9(16(18,19)20)4-5-11(12)17/h4-7H,8H2,1-3H3,(H,21,25). The van der Waals surface area contributed by atoms with Crippen LogP contribution < -0.4 is 10.1 Å². The van der Waals surface area contributed by atoms with E-state index in [-0.39, 0.29) is 22.2 Å². The van der Waals surface area contributed by atoms with Gasteiger partial charge in [0, 0.05) is 20.3 Å². The maximum Gasteiger partial charge on any atom is 0.416 e. The van der Waals surface area contributed by atoms with Crippen LogP contribution in [0.2, 0.25) is 5.02 Å². The molecule has 0 atom stereocenters. The molecule has 0 spiro atoms. The van der Waals surface area contributed by atoms with Crippen molar-refractivity contribution >= 4 is 29.1 Å². The van der Waals surface area contributed by atoms with Crippen LogP contribution in [0.5, 0.6) is 5.88 Å². The molecule has 0 aliphatic carbocycles. The second-order valence-corrected chi connectivity index (χ2v) is 6.03. The molecule has 0 saturated carbocycles. The largest absolute Gasteiger partial charge is 0.479 e. The summed E-state index contributed by atoms with van der Waals surface area (Å²) in [5.74, 6) is -1.16. The number of rotatable bonds is 5. The molecule has 0 aliphatic heterocycles. The number of amides is 2. The van der Waals surface area contributed by atoms with E-state index in [9.17, 15) is 22.8 Å². The molecule has 0 bridgehead atoms. The molecule has 2 aromatic rings. The number of benzene rings is 1. The van der Waals surface area contributed by atoms with Crippen LogP contribution in [0.3, 0.4) is 0 Å². The average molecular weight is 405 g/mol. The van der Waals surface area contributed by atoms with Gasteiger partial charge in [-0.3, -0.25) is 14.3 Å².